The summed E-state index contributed by atoms with van der Waals surface area (Å²) in [6.07, 6.45) is 9.65. The van der Waals surface area contributed by atoms with Gasteiger partial charge in [-0.3, -0.25) is 4.79 Å². The first-order chi connectivity index (χ1) is 9.74. The molecule has 1 aromatic rings. The molecule has 0 bridgehead atoms. The Balaban J connectivity index is 1.64. The van der Waals surface area contributed by atoms with Crippen LogP contribution in [0.2, 0.25) is 0 Å². The minimum Gasteiger partial charge on any atom is -0.399 e. The molecule has 0 saturated carbocycles. The van der Waals surface area contributed by atoms with Crippen LogP contribution in [0.3, 0.4) is 0 Å². The van der Waals surface area contributed by atoms with E-state index in [9.17, 15) is 4.79 Å². The molecule has 20 heavy (non-hydrogen) atoms. The molecule has 0 unspecified atom stereocenters. The summed E-state index contributed by atoms with van der Waals surface area (Å²) in [6.45, 7) is 0.765. The maximum atomic E-state index is 11.8. The monoisotopic (exact) mass is 272 g/mol. The van der Waals surface area contributed by atoms with Crippen LogP contribution < -0.4 is 11.1 Å². The fourth-order valence-corrected chi connectivity index (χ4v) is 2.59. The number of nitrogen functional groups attached to an aromatic ring is 1. The molecular formula is C17H24N2O. The molecule has 1 aliphatic rings. The average Bonchev–Trinajstić information content (AvgIpc) is 2.46. The van der Waals surface area contributed by atoms with Gasteiger partial charge < -0.3 is 11.1 Å². The molecular weight excluding hydrogens is 248 g/mol. The molecule has 3 heteroatoms. The summed E-state index contributed by atoms with van der Waals surface area (Å²) in [5.74, 6) is 0.129. The van der Waals surface area contributed by atoms with Gasteiger partial charge >= 0.3 is 0 Å². The summed E-state index contributed by atoms with van der Waals surface area (Å²) in [5, 5.41) is 3.00. The summed E-state index contributed by atoms with van der Waals surface area (Å²) in [5.41, 5.74) is 9.10. The number of aryl methyl sites for hydroxylation is 1. The highest BCUT2D eigenvalue weighted by Gasteiger charge is 2.05. The highest BCUT2D eigenvalue weighted by atomic mass is 16.1. The second-order valence-electron chi connectivity index (χ2n) is 5.45. The van der Waals surface area contributed by atoms with Crippen molar-refractivity contribution in [1.82, 2.24) is 5.32 Å². The highest BCUT2D eigenvalue weighted by Crippen LogP contribution is 2.19. The van der Waals surface area contributed by atoms with Crippen molar-refractivity contribution >= 4 is 11.6 Å². The van der Waals surface area contributed by atoms with Gasteiger partial charge in [-0.25, -0.2) is 0 Å². The van der Waals surface area contributed by atoms with E-state index in [1.807, 2.05) is 24.3 Å². The number of carbonyl (C=O) groups is 1. The maximum absolute atomic E-state index is 11.8. The molecule has 0 aromatic heterocycles. The Hall–Kier alpha value is -1.77. The van der Waals surface area contributed by atoms with E-state index in [1.165, 1.54) is 31.3 Å². The molecule has 0 aliphatic heterocycles. The van der Waals surface area contributed by atoms with E-state index in [1.54, 1.807) is 0 Å². The van der Waals surface area contributed by atoms with E-state index in [2.05, 4.69) is 11.4 Å². The smallest absolute Gasteiger partial charge is 0.220 e. The number of rotatable bonds is 6. The molecule has 0 radical (unpaired) electrons. The summed E-state index contributed by atoms with van der Waals surface area (Å²) in [6, 6.07) is 7.73. The summed E-state index contributed by atoms with van der Waals surface area (Å²) < 4.78 is 0. The lowest BCUT2D eigenvalue weighted by Gasteiger charge is -2.13. The lowest BCUT2D eigenvalue weighted by Crippen LogP contribution is -2.25. The Morgan fingerprint density at radius 3 is 2.90 bits per heavy atom. The van der Waals surface area contributed by atoms with Crippen LogP contribution in [-0.4, -0.2) is 12.5 Å². The van der Waals surface area contributed by atoms with Gasteiger partial charge in [0.1, 0.15) is 0 Å². The molecule has 1 amide bonds. The molecule has 0 spiro atoms. The standard InChI is InChI=1S/C17H24N2O/c18-16-8-4-7-15(13-16)9-10-17(20)19-12-11-14-5-2-1-3-6-14/h4-5,7-8,13H,1-3,6,9-12,18H2,(H,19,20). The summed E-state index contributed by atoms with van der Waals surface area (Å²) >= 11 is 0. The normalized spacial score (nSPS) is 14.7. The number of benzene rings is 1. The molecule has 1 aliphatic carbocycles. The van der Waals surface area contributed by atoms with E-state index in [-0.39, 0.29) is 5.91 Å². The van der Waals surface area contributed by atoms with Gasteiger partial charge in [0.25, 0.3) is 0 Å². The lowest BCUT2D eigenvalue weighted by molar-refractivity contribution is -0.121. The van der Waals surface area contributed by atoms with Gasteiger partial charge in [0.15, 0.2) is 0 Å². The Bertz CT molecular complexity index is 480. The molecule has 0 saturated heterocycles. The van der Waals surface area contributed by atoms with Gasteiger partial charge in [-0.05, 0) is 56.2 Å². The zero-order chi connectivity index (χ0) is 14.2. The van der Waals surface area contributed by atoms with Crippen LogP contribution >= 0.6 is 0 Å². The van der Waals surface area contributed by atoms with Gasteiger partial charge in [0.2, 0.25) is 5.91 Å². The third-order valence-electron chi connectivity index (χ3n) is 3.75. The molecule has 0 fully saturated rings. The van der Waals surface area contributed by atoms with Crippen molar-refractivity contribution in [2.75, 3.05) is 12.3 Å². The lowest BCUT2D eigenvalue weighted by atomic mass is 9.97. The first kappa shape index (κ1) is 14.6. The Morgan fingerprint density at radius 1 is 1.25 bits per heavy atom. The molecule has 1 aromatic carbocycles. The number of nitrogens with one attached hydrogen (secondary N) is 1. The second-order valence-corrected chi connectivity index (χ2v) is 5.45. The zero-order valence-electron chi connectivity index (χ0n) is 12.0. The molecule has 108 valence electrons. The minimum atomic E-state index is 0.129. The molecule has 0 heterocycles. The molecule has 0 atom stereocenters. The van der Waals surface area contributed by atoms with Crippen LogP contribution in [-0.2, 0) is 11.2 Å². The summed E-state index contributed by atoms with van der Waals surface area (Å²) in [4.78, 5) is 11.8. The van der Waals surface area contributed by atoms with E-state index >= 15 is 0 Å². The van der Waals surface area contributed by atoms with Gasteiger partial charge in [-0.15, -0.1) is 0 Å². The van der Waals surface area contributed by atoms with Crippen molar-refractivity contribution in [2.24, 2.45) is 0 Å². The van der Waals surface area contributed by atoms with Crippen LogP contribution in [0.4, 0.5) is 5.69 Å². The van der Waals surface area contributed by atoms with Gasteiger partial charge in [-0.1, -0.05) is 23.8 Å². The quantitative estimate of drug-likeness (QED) is 0.617. The topological polar surface area (TPSA) is 55.1 Å². The number of hydrogen-bond donors (Lipinski definition) is 2. The summed E-state index contributed by atoms with van der Waals surface area (Å²) in [7, 11) is 0. The fraction of sp³-hybridized carbons (Fsp3) is 0.471. The van der Waals surface area contributed by atoms with Crippen molar-refractivity contribution in [3.8, 4) is 0 Å². The average molecular weight is 272 g/mol. The molecule has 3 nitrogen and oxygen atoms in total. The van der Waals surface area contributed by atoms with Gasteiger partial charge in [-0.2, -0.15) is 0 Å². The van der Waals surface area contributed by atoms with Crippen molar-refractivity contribution < 1.29 is 4.79 Å². The Labute approximate surface area is 121 Å². The van der Waals surface area contributed by atoms with Crippen molar-refractivity contribution in [2.45, 2.75) is 44.9 Å². The first-order valence-electron chi connectivity index (χ1n) is 7.53. The fourth-order valence-electron chi connectivity index (χ4n) is 2.59. The van der Waals surface area contributed by atoms with E-state index in [0.29, 0.717) is 6.42 Å². The van der Waals surface area contributed by atoms with Crippen LogP contribution in [0.1, 0.15) is 44.1 Å². The van der Waals surface area contributed by atoms with E-state index < -0.39 is 0 Å². The van der Waals surface area contributed by atoms with Crippen LogP contribution in [0.25, 0.3) is 0 Å². The molecule has 3 N–H and O–H groups in total. The molecule has 2 rings (SSSR count). The Morgan fingerprint density at radius 2 is 2.15 bits per heavy atom. The largest absolute Gasteiger partial charge is 0.399 e. The van der Waals surface area contributed by atoms with Crippen molar-refractivity contribution in [1.29, 1.82) is 0 Å². The second kappa shape index (κ2) is 7.73. The van der Waals surface area contributed by atoms with Gasteiger partial charge in [0.05, 0.1) is 0 Å². The predicted molar refractivity (Wildman–Crippen MR) is 83.4 cm³/mol. The number of nitrogens with two attached hydrogens (primary N) is 1. The van der Waals surface area contributed by atoms with Gasteiger partial charge in [0, 0.05) is 18.7 Å². The number of allylic oxidation sites excluding steroid dienone is 1. The number of hydrogen-bond acceptors (Lipinski definition) is 2. The Kier molecular flexibility index (Phi) is 5.66. The predicted octanol–water partition coefficient (Wildman–Crippen LogP) is 3.21. The minimum absolute atomic E-state index is 0.129. The van der Waals surface area contributed by atoms with Crippen LogP contribution in [0, 0.1) is 0 Å². The maximum Gasteiger partial charge on any atom is 0.220 e. The van der Waals surface area contributed by atoms with E-state index in [4.69, 9.17) is 5.73 Å². The number of carbonyl (C=O) groups excluding carboxylic acids is 1. The van der Waals surface area contributed by atoms with Crippen molar-refractivity contribution in [3.05, 3.63) is 41.5 Å². The van der Waals surface area contributed by atoms with Crippen LogP contribution in [0.5, 0.6) is 0 Å². The zero-order valence-corrected chi connectivity index (χ0v) is 12.0. The highest BCUT2D eigenvalue weighted by molar-refractivity contribution is 5.76. The number of anilines is 1. The van der Waals surface area contributed by atoms with Crippen LogP contribution in [0.15, 0.2) is 35.9 Å². The number of amides is 1. The first-order valence-corrected chi connectivity index (χ1v) is 7.53. The van der Waals surface area contributed by atoms with Crippen molar-refractivity contribution in [3.63, 3.8) is 0 Å². The van der Waals surface area contributed by atoms with E-state index in [0.717, 1.165) is 30.6 Å². The SMILES string of the molecule is Nc1cccc(CCC(=O)NCCC2=CCCCC2)c1. The third-order valence-corrected chi connectivity index (χ3v) is 3.75. The third kappa shape index (κ3) is 5.08.